The molecule has 2 aromatic rings. The average molecular weight is 291 g/mol. The number of nitrogens with one attached hydrogen (secondary N) is 2. The SMILES string of the molecule is CCCc1nc(NC)cc(NC(CC)c2nccs2)n1. The molecule has 2 heterocycles. The van der Waals surface area contributed by atoms with Crippen LogP contribution in [0.5, 0.6) is 0 Å². The third-order valence-corrected chi connectivity index (χ3v) is 3.87. The second-order valence-corrected chi connectivity index (χ2v) is 5.46. The average Bonchev–Trinajstić information content (AvgIpc) is 2.99. The fourth-order valence-corrected chi connectivity index (χ4v) is 2.73. The maximum Gasteiger partial charge on any atom is 0.133 e. The summed E-state index contributed by atoms with van der Waals surface area (Å²) in [4.78, 5) is 13.4. The smallest absolute Gasteiger partial charge is 0.133 e. The first-order valence-electron chi connectivity index (χ1n) is 6.98. The van der Waals surface area contributed by atoms with E-state index in [0.29, 0.717) is 0 Å². The van der Waals surface area contributed by atoms with E-state index < -0.39 is 0 Å². The molecule has 6 heteroatoms. The van der Waals surface area contributed by atoms with Crippen LogP contribution < -0.4 is 10.6 Å². The molecule has 20 heavy (non-hydrogen) atoms. The quantitative estimate of drug-likeness (QED) is 0.817. The molecule has 0 fully saturated rings. The zero-order chi connectivity index (χ0) is 14.4. The van der Waals surface area contributed by atoms with Gasteiger partial charge in [0, 0.05) is 31.1 Å². The van der Waals surface area contributed by atoms with Crippen LogP contribution in [0.4, 0.5) is 11.6 Å². The molecule has 0 saturated carbocycles. The van der Waals surface area contributed by atoms with Crippen LogP contribution in [0.15, 0.2) is 17.6 Å². The third-order valence-electron chi connectivity index (χ3n) is 2.98. The van der Waals surface area contributed by atoms with Crippen molar-refractivity contribution in [3.8, 4) is 0 Å². The minimum atomic E-state index is 0.198. The van der Waals surface area contributed by atoms with Crippen molar-refractivity contribution in [3.63, 3.8) is 0 Å². The molecular formula is C14H21N5S. The van der Waals surface area contributed by atoms with Gasteiger partial charge in [-0.2, -0.15) is 0 Å². The van der Waals surface area contributed by atoms with Crippen molar-refractivity contribution >= 4 is 23.0 Å². The van der Waals surface area contributed by atoms with E-state index in [1.807, 2.05) is 24.7 Å². The summed E-state index contributed by atoms with van der Waals surface area (Å²) in [5, 5.41) is 9.64. The predicted molar refractivity (Wildman–Crippen MR) is 84.3 cm³/mol. The van der Waals surface area contributed by atoms with Gasteiger partial charge in [0.25, 0.3) is 0 Å². The Kier molecular flexibility index (Phi) is 5.29. The molecule has 1 atom stereocenters. The van der Waals surface area contributed by atoms with Crippen LogP contribution in [0.25, 0.3) is 0 Å². The highest BCUT2D eigenvalue weighted by atomic mass is 32.1. The lowest BCUT2D eigenvalue weighted by atomic mass is 10.2. The Morgan fingerprint density at radius 3 is 2.65 bits per heavy atom. The lowest BCUT2D eigenvalue weighted by molar-refractivity contribution is 0.732. The Balaban J connectivity index is 2.20. The molecule has 2 rings (SSSR count). The first-order valence-corrected chi connectivity index (χ1v) is 7.86. The molecule has 0 bridgehead atoms. The van der Waals surface area contributed by atoms with Crippen LogP contribution in [-0.2, 0) is 6.42 Å². The minimum Gasteiger partial charge on any atom is -0.373 e. The lowest BCUT2D eigenvalue weighted by Crippen LogP contribution is -2.12. The van der Waals surface area contributed by atoms with E-state index in [-0.39, 0.29) is 6.04 Å². The molecule has 108 valence electrons. The Hall–Kier alpha value is -1.69. The van der Waals surface area contributed by atoms with Crippen molar-refractivity contribution in [2.24, 2.45) is 0 Å². The molecule has 0 amide bonds. The molecule has 0 radical (unpaired) electrons. The summed E-state index contributed by atoms with van der Waals surface area (Å²) in [6.45, 7) is 4.28. The summed E-state index contributed by atoms with van der Waals surface area (Å²) in [6.07, 6.45) is 4.73. The molecule has 5 nitrogen and oxygen atoms in total. The number of hydrogen-bond acceptors (Lipinski definition) is 6. The highest BCUT2D eigenvalue weighted by molar-refractivity contribution is 7.09. The maximum atomic E-state index is 4.58. The Morgan fingerprint density at radius 1 is 1.25 bits per heavy atom. The Bertz CT molecular complexity index is 526. The van der Waals surface area contributed by atoms with E-state index >= 15 is 0 Å². The number of nitrogens with zero attached hydrogens (tertiary/aromatic N) is 3. The first kappa shape index (κ1) is 14.7. The van der Waals surface area contributed by atoms with Crippen LogP contribution >= 0.6 is 11.3 Å². The van der Waals surface area contributed by atoms with Gasteiger partial charge >= 0.3 is 0 Å². The van der Waals surface area contributed by atoms with Gasteiger partial charge in [-0.15, -0.1) is 11.3 Å². The van der Waals surface area contributed by atoms with Crippen molar-refractivity contribution in [1.29, 1.82) is 0 Å². The molecule has 0 spiro atoms. The summed E-state index contributed by atoms with van der Waals surface area (Å²) < 4.78 is 0. The monoisotopic (exact) mass is 291 g/mol. The van der Waals surface area contributed by atoms with E-state index in [2.05, 4.69) is 39.4 Å². The van der Waals surface area contributed by atoms with Gasteiger partial charge in [-0.05, 0) is 12.8 Å². The second-order valence-electron chi connectivity index (χ2n) is 4.53. The molecule has 0 aliphatic heterocycles. The minimum absolute atomic E-state index is 0.198. The van der Waals surface area contributed by atoms with Crippen molar-refractivity contribution in [2.45, 2.75) is 39.2 Å². The summed E-state index contributed by atoms with van der Waals surface area (Å²) in [6, 6.07) is 2.14. The van der Waals surface area contributed by atoms with E-state index in [1.54, 1.807) is 11.3 Å². The van der Waals surface area contributed by atoms with Crippen LogP contribution in [0.2, 0.25) is 0 Å². The van der Waals surface area contributed by atoms with E-state index in [1.165, 1.54) is 0 Å². The van der Waals surface area contributed by atoms with Gasteiger partial charge in [0.2, 0.25) is 0 Å². The van der Waals surface area contributed by atoms with Gasteiger partial charge in [-0.3, -0.25) is 0 Å². The summed E-state index contributed by atoms with van der Waals surface area (Å²) in [5.41, 5.74) is 0. The number of rotatable bonds is 7. The number of hydrogen-bond donors (Lipinski definition) is 2. The van der Waals surface area contributed by atoms with E-state index in [0.717, 1.165) is 41.7 Å². The largest absolute Gasteiger partial charge is 0.373 e. The van der Waals surface area contributed by atoms with Crippen LogP contribution in [-0.4, -0.2) is 22.0 Å². The van der Waals surface area contributed by atoms with Crippen molar-refractivity contribution < 1.29 is 0 Å². The molecule has 2 aromatic heterocycles. The highest BCUT2D eigenvalue weighted by Crippen LogP contribution is 2.24. The molecule has 0 aromatic carbocycles. The van der Waals surface area contributed by atoms with Gasteiger partial charge in [-0.1, -0.05) is 13.8 Å². The standard InChI is InChI=1S/C14H21N5S/c1-4-6-11-18-12(15-3)9-13(19-11)17-10(5-2)14-16-7-8-20-14/h7-10H,4-6H2,1-3H3,(H2,15,17,18,19). The summed E-state index contributed by atoms with van der Waals surface area (Å²) >= 11 is 1.67. The van der Waals surface area contributed by atoms with Crippen molar-refractivity contribution in [3.05, 3.63) is 28.5 Å². The summed E-state index contributed by atoms with van der Waals surface area (Å²) in [5.74, 6) is 2.57. The van der Waals surface area contributed by atoms with Crippen LogP contribution in [0.1, 0.15) is 43.6 Å². The fourth-order valence-electron chi connectivity index (χ4n) is 1.96. The summed E-state index contributed by atoms with van der Waals surface area (Å²) in [7, 11) is 1.87. The zero-order valence-corrected chi connectivity index (χ0v) is 13.0. The number of aryl methyl sites for hydroxylation is 1. The molecule has 0 aliphatic carbocycles. The predicted octanol–water partition coefficient (Wildman–Crippen LogP) is 3.49. The second kappa shape index (κ2) is 7.19. The molecule has 0 aliphatic rings. The zero-order valence-electron chi connectivity index (χ0n) is 12.2. The van der Waals surface area contributed by atoms with Gasteiger partial charge < -0.3 is 10.6 Å². The van der Waals surface area contributed by atoms with Crippen molar-refractivity contribution in [2.75, 3.05) is 17.7 Å². The topological polar surface area (TPSA) is 62.7 Å². The molecule has 2 N–H and O–H groups in total. The fraction of sp³-hybridized carbons (Fsp3) is 0.500. The Labute approximate surface area is 123 Å². The number of thiazole rings is 1. The molecule has 1 unspecified atom stereocenters. The van der Waals surface area contributed by atoms with Gasteiger partial charge in [0.1, 0.15) is 22.5 Å². The molecular weight excluding hydrogens is 270 g/mol. The highest BCUT2D eigenvalue weighted by Gasteiger charge is 2.13. The normalized spacial score (nSPS) is 12.2. The van der Waals surface area contributed by atoms with E-state index in [9.17, 15) is 0 Å². The van der Waals surface area contributed by atoms with Crippen LogP contribution in [0.3, 0.4) is 0 Å². The van der Waals surface area contributed by atoms with Gasteiger partial charge in [-0.25, -0.2) is 15.0 Å². The Morgan fingerprint density at radius 2 is 2.05 bits per heavy atom. The number of aromatic nitrogens is 3. The third kappa shape index (κ3) is 3.66. The van der Waals surface area contributed by atoms with Gasteiger partial charge in [0.15, 0.2) is 0 Å². The first-order chi connectivity index (χ1) is 9.76. The lowest BCUT2D eigenvalue weighted by Gasteiger charge is -2.16. The van der Waals surface area contributed by atoms with Crippen LogP contribution in [0, 0.1) is 0 Å². The maximum absolute atomic E-state index is 4.58. The number of anilines is 2. The van der Waals surface area contributed by atoms with Gasteiger partial charge in [0.05, 0.1) is 6.04 Å². The van der Waals surface area contributed by atoms with E-state index in [4.69, 9.17) is 0 Å². The van der Waals surface area contributed by atoms with Crippen molar-refractivity contribution in [1.82, 2.24) is 15.0 Å². The molecule has 0 saturated heterocycles.